The second kappa shape index (κ2) is 5.38. The summed E-state index contributed by atoms with van der Waals surface area (Å²) < 4.78 is 26.3. The lowest BCUT2D eigenvalue weighted by Gasteiger charge is -2.35. The molecule has 0 aliphatic carbocycles. The van der Waals surface area contributed by atoms with Crippen LogP contribution in [-0.2, 0) is 15.8 Å². The zero-order valence-corrected chi connectivity index (χ0v) is 11.4. The Balaban J connectivity index is 2.12. The van der Waals surface area contributed by atoms with Gasteiger partial charge < -0.3 is 5.73 Å². The second-order valence-corrected chi connectivity index (χ2v) is 6.91. The highest BCUT2D eigenvalue weighted by atomic mass is 32.2. The van der Waals surface area contributed by atoms with Gasteiger partial charge in [0, 0.05) is 18.6 Å². The highest BCUT2D eigenvalue weighted by molar-refractivity contribution is 7.88. The van der Waals surface area contributed by atoms with E-state index in [1.165, 1.54) is 0 Å². The molecule has 2 atom stereocenters. The van der Waals surface area contributed by atoms with Crippen molar-refractivity contribution in [2.24, 2.45) is 5.73 Å². The molecule has 2 rings (SSSR count). The number of hydrogen-bond donors (Lipinski definition) is 1. The van der Waals surface area contributed by atoms with Crippen molar-refractivity contribution in [2.75, 3.05) is 6.54 Å². The third-order valence-corrected chi connectivity index (χ3v) is 5.36. The topological polar surface area (TPSA) is 63.4 Å². The highest BCUT2D eigenvalue weighted by Crippen LogP contribution is 2.21. The van der Waals surface area contributed by atoms with E-state index >= 15 is 0 Å². The van der Waals surface area contributed by atoms with Gasteiger partial charge in [-0.15, -0.1) is 0 Å². The molecule has 1 saturated heterocycles. The van der Waals surface area contributed by atoms with E-state index in [9.17, 15) is 8.42 Å². The summed E-state index contributed by atoms with van der Waals surface area (Å²) in [5, 5.41) is 0. The highest BCUT2D eigenvalue weighted by Gasteiger charge is 2.32. The summed E-state index contributed by atoms with van der Waals surface area (Å²) in [7, 11) is -3.23. The Kier molecular flexibility index (Phi) is 4.04. The molecular formula is C13H20N2O2S. The third kappa shape index (κ3) is 3.10. The summed E-state index contributed by atoms with van der Waals surface area (Å²) in [6, 6.07) is 9.43. The maximum Gasteiger partial charge on any atom is 0.218 e. The van der Waals surface area contributed by atoms with Crippen LogP contribution in [0.15, 0.2) is 30.3 Å². The van der Waals surface area contributed by atoms with E-state index in [4.69, 9.17) is 5.73 Å². The van der Waals surface area contributed by atoms with Gasteiger partial charge in [-0.2, -0.15) is 4.31 Å². The van der Waals surface area contributed by atoms with Crippen LogP contribution in [0.3, 0.4) is 0 Å². The maximum absolute atomic E-state index is 12.4. The summed E-state index contributed by atoms with van der Waals surface area (Å²) in [6.45, 7) is 2.47. The summed E-state index contributed by atoms with van der Waals surface area (Å²) >= 11 is 0. The van der Waals surface area contributed by atoms with Gasteiger partial charge in [-0.1, -0.05) is 30.3 Å². The molecule has 0 saturated carbocycles. The average molecular weight is 268 g/mol. The SMILES string of the molecule is CC1CC(N)CCN1S(=O)(=O)Cc1ccccc1. The Morgan fingerprint density at radius 2 is 2.00 bits per heavy atom. The molecule has 1 aromatic carbocycles. The number of hydrogen-bond acceptors (Lipinski definition) is 3. The lowest BCUT2D eigenvalue weighted by Crippen LogP contribution is -2.48. The molecule has 2 N–H and O–H groups in total. The van der Waals surface area contributed by atoms with Gasteiger partial charge in [0.05, 0.1) is 5.75 Å². The van der Waals surface area contributed by atoms with Crippen LogP contribution in [0, 0.1) is 0 Å². The molecule has 1 aromatic rings. The van der Waals surface area contributed by atoms with E-state index in [0.717, 1.165) is 18.4 Å². The predicted molar refractivity (Wildman–Crippen MR) is 72.4 cm³/mol. The van der Waals surface area contributed by atoms with E-state index in [-0.39, 0.29) is 17.8 Å². The number of nitrogens with zero attached hydrogens (tertiary/aromatic N) is 1. The van der Waals surface area contributed by atoms with Crippen molar-refractivity contribution < 1.29 is 8.42 Å². The lowest BCUT2D eigenvalue weighted by atomic mass is 10.0. The van der Waals surface area contributed by atoms with E-state index in [2.05, 4.69) is 0 Å². The molecule has 0 bridgehead atoms. The van der Waals surface area contributed by atoms with Crippen LogP contribution in [0.25, 0.3) is 0 Å². The Hall–Kier alpha value is -0.910. The van der Waals surface area contributed by atoms with Gasteiger partial charge >= 0.3 is 0 Å². The van der Waals surface area contributed by atoms with E-state index in [1.54, 1.807) is 4.31 Å². The normalized spacial score (nSPS) is 26.1. The number of rotatable bonds is 3. The molecule has 0 amide bonds. The van der Waals surface area contributed by atoms with Crippen molar-refractivity contribution in [3.8, 4) is 0 Å². The van der Waals surface area contributed by atoms with Crippen LogP contribution in [0.5, 0.6) is 0 Å². The predicted octanol–water partition coefficient (Wildman–Crippen LogP) is 1.33. The van der Waals surface area contributed by atoms with Crippen molar-refractivity contribution in [1.82, 2.24) is 4.31 Å². The number of piperidine rings is 1. The molecule has 1 aliphatic heterocycles. The minimum absolute atomic E-state index is 0.00228. The van der Waals surface area contributed by atoms with Gasteiger partial charge in [-0.05, 0) is 25.3 Å². The first kappa shape index (κ1) is 13.5. The van der Waals surface area contributed by atoms with Crippen molar-refractivity contribution in [1.29, 1.82) is 0 Å². The quantitative estimate of drug-likeness (QED) is 0.899. The zero-order chi connectivity index (χ0) is 13.2. The van der Waals surface area contributed by atoms with Crippen LogP contribution >= 0.6 is 0 Å². The first-order valence-electron chi connectivity index (χ1n) is 6.28. The second-order valence-electron chi connectivity index (χ2n) is 4.99. The van der Waals surface area contributed by atoms with Gasteiger partial charge in [-0.25, -0.2) is 8.42 Å². The summed E-state index contributed by atoms with van der Waals surface area (Å²) in [5.74, 6) is 0.0768. The van der Waals surface area contributed by atoms with E-state index < -0.39 is 10.0 Å². The number of nitrogens with two attached hydrogens (primary N) is 1. The first-order chi connectivity index (χ1) is 8.49. The Morgan fingerprint density at radius 3 is 2.61 bits per heavy atom. The minimum Gasteiger partial charge on any atom is -0.328 e. The molecule has 2 unspecified atom stereocenters. The van der Waals surface area contributed by atoms with Gasteiger partial charge in [0.2, 0.25) is 10.0 Å². The van der Waals surface area contributed by atoms with Gasteiger partial charge in [0.1, 0.15) is 0 Å². The van der Waals surface area contributed by atoms with Crippen LogP contribution < -0.4 is 5.73 Å². The van der Waals surface area contributed by atoms with Crippen molar-refractivity contribution >= 4 is 10.0 Å². The van der Waals surface area contributed by atoms with Crippen LogP contribution in [0.1, 0.15) is 25.3 Å². The van der Waals surface area contributed by atoms with E-state index in [0.29, 0.717) is 6.54 Å². The van der Waals surface area contributed by atoms with Crippen LogP contribution in [0.4, 0.5) is 0 Å². The molecule has 0 aromatic heterocycles. The molecule has 1 heterocycles. The molecule has 1 fully saturated rings. The standard InChI is InChI=1S/C13H20N2O2S/c1-11-9-13(14)7-8-15(11)18(16,17)10-12-5-3-2-4-6-12/h2-6,11,13H,7-10,14H2,1H3. The minimum atomic E-state index is -3.23. The molecule has 4 nitrogen and oxygen atoms in total. The zero-order valence-electron chi connectivity index (χ0n) is 10.6. The molecule has 0 radical (unpaired) electrons. The maximum atomic E-state index is 12.4. The molecule has 100 valence electrons. The molecular weight excluding hydrogens is 248 g/mol. The van der Waals surface area contributed by atoms with E-state index in [1.807, 2.05) is 37.3 Å². The molecule has 0 spiro atoms. The van der Waals surface area contributed by atoms with Crippen molar-refractivity contribution in [3.63, 3.8) is 0 Å². The summed E-state index contributed by atoms with van der Waals surface area (Å²) in [4.78, 5) is 0. The number of sulfonamides is 1. The third-order valence-electron chi connectivity index (χ3n) is 3.40. The van der Waals surface area contributed by atoms with Crippen LogP contribution in [-0.4, -0.2) is 31.4 Å². The van der Waals surface area contributed by atoms with Gasteiger partial charge in [0.25, 0.3) is 0 Å². The lowest BCUT2D eigenvalue weighted by molar-refractivity contribution is 0.247. The smallest absolute Gasteiger partial charge is 0.218 e. The van der Waals surface area contributed by atoms with Crippen molar-refractivity contribution in [2.45, 2.75) is 37.6 Å². The number of benzene rings is 1. The fraction of sp³-hybridized carbons (Fsp3) is 0.538. The molecule has 18 heavy (non-hydrogen) atoms. The summed E-state index contributed by atoms with van der Waals surface area (Å²) in [6.07, 6.45) is 1.49. The fourth-order valence-corrected chi connectivity index (χ4v) is 4.27. The average Bonchev–Trinajstić information content (AvgIpc) is 2.29. The largest absolute Gasteiger partial charge is 0.328 e. The first-order valence-corrected chi connectivity index (χ1v) is 7.89. The molecule has 1 aliphatic rings. The van der Waals surface area contributed by atoms with Crippen LogP contribution in [0.2, 0.25) is 0 Å². The molecule has 5 heteroatoms. The van der Waals surface area contributed by atoms with Gasteiger partial charge in [0.15, 0.2) is 0 Å². The Labute approximate surface area is 109 Å². The monoisotopic (exact) mass is 268 g/mol. The Bertz CT molecular complexity index is 487. The van der Waals surface area contributed by atoms with Gasteiger partial charge in [-0.3, -0.25) is 0 Å². The Morgan fingerprint density at radius 1 is 1.33 bits per heavy atom. The fourth-order valence-electron chi connectivity index (χ4n) is 2.47. The van der Waals surface area contributed by atoms with Crippen molar-refractivity contribution in [3.05, 3.63) is 35.9 Å². The summed E-state index contributed by atoms with van der Waals surface area (Å²) in [5.41, 5.74) is 6.69.